The first kappa shape index (κ1) is 22.2. The second-order valence-corrected chi connectivity index (χ2v) is 14.4. The predicted molar refractivity (Wildman–Crippen MR) is 108 cm³/mol. The average molecular weight is 367 g/mol. The smallest absolute Gasteiger partial charge is 0.303 e. The monoisotopic (exact) mass is 366 g/mol. The predicted octanol–water partition coefficient (Wildman–Crippen LogP) is 6.02. The summed E-state index contributed by atoms with van der Waals surface area (Å²) in [5.74, 6) is -0.242. The summed E-state index contributed by atoms with van der Waals surface area (Å²) < 4.78 is 11.9. The fraction of sp³-hybridized carbons (Fsp3) is 0.762. The topological polar surface area (TPSA) is 35.5 Å². The molecule has 1 aliphatic carbocycles. The first-order chi connectivity index (χ1) is 11.2. The van der Waals surface area contributed by atoms with Crippen LogP contribution in [-0.4, -0.2) is 26.5 Å². The Balaban J connectivity index is 2.94. The molecule has 0 N–H and O–H groups in total. The van der Waals surface area contributed by atoms with E-state index in [9.17, 15) is 4.79 Å². The lowest BCUT2D eigenvalue weighted by atomic mass is 9.71. The minimum absolute atomic E-state index is 0.0573. The van der Waals surface area contributed by atoms with Gasteiger partial charge in [0.1, 0.15) is 6.10 Å². The van der Waals surface area contributed by atoms with Crippen LogP contribution in [0.15, 0.2) is 23.3 Å². The van der Waals surface area contributed by atoms with Gasteiger partial charge in [-0.25, -0.2) is 0 Å². The molecule has 144 valence electrons. The van der Waals surface area contributed by atoms with Gasteiger partial charge in [-0.05, 0) is 61.9 Å². The van der Waals surface area contributed by atoms with Gasteiger partial charge in [0.15, 0.2) is 8.32 Å². The molecule has 0 aromatic rings. The number of rotatable bonds is 5. The summed E-state index contributed by atoms with van der Waals surface area (Å²) in [6.07, 6.45) is 6.23. The molecule has 1 rings (SSSR count). The Kier molecular flexibility index (Phi) is 6.91. The van der Waals surface area contributed by atoms with Crippen molar-refractivity contribution in [1.82, 2.24) is 0 Å². The molecule has 0 aromatic carbocycles. The molecule has 25 heavy (non-hydrogen) atoms. The Labute approximate surface area is 156 Å². The molecule has 0 aromatic heterocycles. The summed E-state index contributed by atoms with van der Waals surface area (Å²) in [5.41, 5.74) is 2.79. The van der Waals surface area contributed by atoms with E-state index in [1.54, 1.807) is 0 Å². The SMILES string of the molecule is CC(=O)O[C@@H](C)/C=C/C1=C(C)C[C@@H](O[Si](C)(C)C(C)(C)C)CC1(C)C. The van der Waals surface area contributed by atoms with Gasteiger partial charge in [0.05, 0.1) is 0 Å². The van der Waals surface area contributed by atoms with E-state index < -0.39 is 8.32 Å². The molecule has 4 heteroatoms. The molecule has 0 radical (unpaired) electrons. The van der Waals surface area contributed by atoms with Crippen molar-refractivity contribution < 1.29 is 14.0 Å². The molecule has 1 aliphatic rings. The van der Waals surface area contributed by atoms with Crippen molar-refractivity contribution in [3.05, 3.63) is 23.3 Å². The number of carbonyl (C=O) groups excluding carboxylic acids is 1. The molecule has 0 heterocycles. The Morgan fingerprint density at radius 2 is 1.88 bits per heavy atom. The molecule has 0 unspecified atom stereocenters. The van der Waals surface area contributed by atoms with Crippen molar-refractivity contribution in [2.24, 2.45) is 5.41 Å². The van der Waals surface area contributed by atoms with Crippen molar-refractivity contribution >= 4 is 14.3 Å². The standard InChI is InChI=1S/C21H38O3Si/c1-15-13-18(24-25(9,10)20(4,5)6)14-21(7,8)19(15)12-11-16(2)23-17(3)22/h11-12,16,18H,13-14H2,1-10H3/b12-11+/t16-,18+/m0/s1. The highest BCUT2D eigenvalue weighted by Crippen LogP contribution is 2.45. The quantitative estimate of drug-likeness (QED) is 0.441. The van der Waals surface area contributed by atoms with E-state index in [2.05, 4.69) is 60.7 Å². The van der Waals surface area contributed by atoms with Gasteiger partial charge in [-0.3, -0.25) is 4.79 Å². The fourth-order valence-corrected chi connectivity index (χ4v) is 4.71. The maximum absolute atomic E-state index is 11.1. The third-order valence-corrected chi connectivity index (χ3v) is 10.1. The minimum atomic E-state index is -1.76. The number of carbonyl (C=O) groups is 1. The van der Waals surface area contributed by atoms with Crippen LogP contribution >= 0.6 is 0 Å². The average Bonchev–Trinajstić information content (AvgIpc) is 2.33. The van der Waals surface area contributed by atoms with E-state index in [0.29, 0.717) is 6.10 Å². The fourth-order valence-electron chi connectivity index (χ4n) is 3.36. The van der Waals surface area contributed by atoms with Gasteiger partial charge in [0.25, 0.3) is 0 Å². The van der Waals surface area contributed by atoms with Gasteiger partial charge in [0, 0.05) is 13.0 Å². The van der Waals surface area contributed by atoms with E-state index in [4.69, 9.17) is 9.16 Å². The molecular weight excluding hydrogens is 328 g/mol. The third kappa shape index (κ3) is 6.10. The zero-order valence-electron chi connectivity index (χ0n) is 17.9. The second kappa shape index (κ2) is 7.79. The van der Waals surface area contributed by atoms with Gasteiger partial charge in [0.2, 0.25) is 0 Å². The van der Waals surface area contributed by atoms with E-state index >= 15 is 0 Å². The van der Waals surface area contributed by atoms with Gasteiger partial charge in [-0.1, -0.05) is 46.3 Å². The molecule has 0 saturated carbocycles. The van der Waals surface area contributed by atoms with Crippen LogP contribution in [-0.2, 0) is 14.0 Å². The molecule has 2 atom stereocenters. The van der Waals surface area contributed by atoms with Crippen molar-refractivity contribution in [3.63, 3.8) is 0 Å². The number of allylic oxidation sites excluding steroid dienone is 2. The van der Waals surface area contributed by atoms with Crippen LogP contribution in [0.4, 0.5) is 0 Å². The first-order valence-corrected chi connectivity index (χ1v) is 12.3. The number of hydrogen-bond donors (Lipinski definition) is 0. The van der Waals surface area contributed by atoms with Crippen LogP contribution in [0.2, 0.25) is 18.1 Å². The molecule has 0 fully saturated rings. The van der Waals surface area contributed by atoms with E-state index in [-0.39, 0.29) is 22.5 Å². The van der Waals surface area contributed by atoms with E-state index in [1.807, 2.05) is 13.0 Å². The molecule has 0 saturated heterocycles. The molecule has 0 aliphatic heterocycles. The second-order valence-electron chi connectivity index (χ2n) is 9.66. The summed E-state index contributed by atoms with van der Waals surface area (Å²) >= 11 is 0. The number of ether oxygens (including phenoxy) is 1. The summed E-state index contributed by atoms with van der Waals surface area (Å²) in [7, 11) is -1.76. The van der Waals surface area contributed by atoms with Gasteiger partial charge >= 0.3 is 5.97 Å². The normalized spacial score (nSPS) is 23.0. The summed E-state index contributed by atoms with van der Waals surface area (Å²) in [4.78, 5) is 11.1. The maximum Gasteiger partial charge on any atom is 0.303 e. The lowest BCUT2D eigenvalue weighted by molar-refractivity contribution is -0.143. The van der Waals surface area contributed by atoms with Crippen molar-refractivity contribution in [2.75, 3.05) is 0 Å². The molecule has 0 spiro atoms. The summed E-state index contributed by atoms with van der Waals surface area (Å²) in [6.45, 7) is 21.7. The van der Waals surface area contributed by atoms with Crippen molar-refractivity contribution in [1.29, 1.82) is 0 Å². The number of esters is 1. The van der Waals surface area contributed by atoms with E-state index in [1.165, 1.54) is 18.1 Å². The Morgan fingerprint density at radius 1 is 1.32 bits per heavy atom. The third-order valence-electron chi connectivity index (χ3n) is 5.61. The van der Waals surface area contributed by atoms with Gasteiger partial charge in [-0.2, -0.15) is 0 Å². The van der Waals surface area contributed by atoms with Crippen LogP contribution in [0.25, 0.3) is 0 Å². The molecular formula is C21H38O3Si. The molecule has 0 amide bonds. The zero-order valence-corrected chi connectivity index (χ0v) is 18.9. The first-order valence-electron chi connectivity index (χ1n) is 9.39. The maximum atomic E-state index is 11.1. The Bertz CT molecular complexity index is 550. The lowest BCUT2D eigenvalue weighted by Gasteiger charge is -2.44. The lowest BCUT2D eigenvalue weighted by Crippen LogP contribution is -2.46. The minimum Gasteiger partial charge on any atom is -0.459 e. The molecule has 0 bridgehead atoms. The van der Waals surface area contributed by atoms with Crippen LogP contribution in [0, 0.1) is 5.41 Å². The Hall–Kier alpha value is -0.873. The molecule has 3 nitrogen and oxygen atoms in total. The zero-order chi connectivity index (χ0) is 19.6. The largest absolute Gasteiger partial charge is 0.459 e. The van der Waals surface area contributed by atoms with Crippen LogP contribution in [0.5, 0.6) is 0 Å². The summed E-state index contributed by atoms with van der Waals surface area (Å²) in [6, 6.07) is 0. The highest BCUT2D eigenvalue weighted by Gasteiger charge is 2.42. The van der Waals surface area contributed by atoms with Crippen LogP contribution in [0.3, 0.4) is 0 Å². The number of hydrogen-bond acceptors (Lipinski definition) is 3. The van der Waals surface area contributed by atoms with Crippen molar-refractivity contribution in [3.8, 4) is 0 Å². The van der Waals surface area contributed by atoms with E-state index in [0.717, 1.165) is 12.8 Å². The highest BCUT2D eigenvalue weighted by molar-refractivity contribution is 6.74. The summed E-state index contributed by atoms with van der Waals surface area (Å²) in [5, 5.41) is 0.231. The Morgan fingerprint density at radius 3 is 2.32 bits per heavy atom. The van der Waals surface area contributed by atoms with Crippen LogP contribution < -0.4 is 0 Å². The van der Waals surface area contributed by atoms with Gasteiger partial charge in [-0.15, -0.1) is 0 Å². The van der Waals surface area contributed by atoms with Crippen LogP contribution in [0.1, 0.15) is 68.2 Å². The van der Waals surface area contributed by atoms with Crippen molar-refractivity contribution in [2.45, 2.75) is 98.6 Å². The highest BCUT2D eigenvalue weighted by atomic mass is 28.4. The van der Waals surface area contributed by atoms with Gasteiger partial charge < -0.3 is 9.16 Å².